The normalized spacial score (nSPS) is 13.9. The van der Waals surface area contributed by atoms with Crippen molar-refractivity contribution in [2.24, 2.45) is 0 Å². The van der Waals surface area contributed by atoms with Crippen molar-refractivity contribution in [2.75, 3.05) is 0 Å². The lowest BCUT2D eigenvalue weighted by Gasteiger charge is -2.29. The number of hydrogen-bond acceptors (Lipinski definition) is 3. The molecule has 1 aliphatic rings. The van der Waals surface area contributed by atoms with E-state index in [0.717, 1.165) is 56.4 Å². The fourth-order valence-electron chi connectivity index (χ4n) is 6.88. The van der Waals surface area contributed by atoms with Crippen molar-refractivity contribution < 1.29 is 4.42 Å². The molecule has 0 amide bonds. The summed E-state index contributed by atoms with van der Waals surface area (Å²) < 4.78 is 6.11. The highest BCUT2D eigenvalue weighted by Gasteiger charge is 2.26. The second-order valence-electron chi connectivity index (χ2n) is 11.8. The molecule has 0 spiro atoms. The third-order valence-corrected chi connectivity index (χ3v) is 9.09. The van der Waals surface area contributed by atoms with Gasteiger partial charge in [0.1, 0.15) is 11.2 Å². The minimum atomic E-state index is 0.266. The van der Waals surface area contributed by atoms with Crippen LogP contribution in [0.15, 0.2) is 156 Å². The molecule has 1 atom stereocenters. The monoisotopic (exact) mass is 576 g/mol. The van der Waals surface area contributed by atoms with Crippen LogP contribution in [-0.4, -0.2) is 9.97 Å². The fourth-order valence-corrected chi connectivity index (χ4v) is 6.88. The number of rotatable bonds is 4. The number of para-hydroxylation sites is 1. The van der Waals surface area contributed by atoms with E-state index in [1.807, 2.05) is 30.3 Å². The average Bonchev–Trinajstić information content (AvgIpc) is 3.49. The Kier molecular flexibility index (Phi) is 5.95. The third kappa shape index (κ3) is 4.44. The molecule has 45 heavy (non-hydrogen) atoms. The molecule has 3 nitrogen and oxygen atoms in total. The summed E-state index contributed by atoms with van der Waals surface area (Å²) >= 11 is 0. The van der Waals surface area contributed by atoms with Crippen LogP contribution in [0.4, 0.5) is 0 Å². The highest BCUT2D eigenvalue weighted by Crippen LogP contribution is 2.44. The van der Waals surface area contributed by atoms with Gasteiger partial charge in [0.05, 0.1) is 11.4 Å². The van der Waals surface area contributed by atoms with E-state index in [0.29, 0.717) is 5.82 Å². The van der Waals surface area contributed by atoms with Crippen LogP contribution in [0, 0.1) is 0 Å². The van der Waals surface area contributed by atoms with Crippen LogP contribution < -0.4 is 0 Å². The lowest BCUT2D eigenvalue weighted by atomic mass is 9.75. The summed E-state index contributed by atoms with van der Waals surface area (Å²) in [6, 6.07) is 53.5. The summed E-state index contributed by atoms with van der Waals surface area (Å²) in [5.41, 5.74) is 13.3. The molecule has 2 heterocycles. The lowest BCUT2D eigenvalue weighted by Crippen LogP contribution is -2.13. The molecule has 1 unspecified atom stereocenters. The van der Waals surface area contributed by atoms with Gasteiger partial charge in [-0.15, -0.1) is 0 Å². The van der Waals surface area contributed by atoms with Crippen LogP contribution in [0.25, 0.3) is 67.0 Å². The van der Waals surface area contributed by atoms with Gasteiger partial charge in [0.15, 0.2) is 5.82 Å². The smallest absolute Gasteiger partial charge is 0.160 e. The molecular weight excluding hydrogens is 548 g/mol. The summed E-state index contributed by atoms with van der Waals surface area (Å²) in [5.74, 6) is 0.962. The number of furan rings is 1. The van der Waals surface area contributed by atoms with Crippen molar-refractivity contribution in [3.63, 3.8) is 0 Å². The lowest BCUT2D eigenvalue weighted by molar-refractivity contribution is 0.669. The Balaban J connectivity index is 1.24. The summed E-state index contributed by atoms with van der Waals surface area (Å²) in [6.07, 6.45) is 0.972. The number of fused-ring (bicyclic) bond motifs is 6. The molecule has 0 saturated carbocycles. The molecule has 0 saturated heterocycles. The molecule has 0 bridgehead atoms. The van der Waals surface area contributed by atoms with Gasteiger partial charge in [-0.05, 0) is 70.6 Å². The zero-order valence-electron chi connectivity index (χ0n) is 24.5. The van der Waals surface area contributed by atoms with Crippen LogP contribution in [0.1, 0.15) is 22.6 Å². The van der Waals surface area contributed by atoms with Gasteiger partial charge in [-0.1, -0.05) is 115 Å². The van der Waals surface area contributed by atoms with E-state index < -0.39 is 0 Å². The van der Waals surface area contributed by atoms with Crippen molar-refractivity contribution in [2.45, 2.75) is 12.3 Å². The first-order chi connectivity index (χ1) is 22.3. The first-order valence-corrected chi connectivity index (χ1v) is 15.4. The van der Waals surface area contributed by atoms with Crippen molar-refractivity contribution in [3.05, 3.63) is 168 Å². The molecule has 0 aliphatic heterocycles. The van der Waals surface area contributed by atoms with E-state index in [9.17, 15) is 0 Å². The molecule has 0 radical (unpaired) electrons. The number of benzene rings is 6. The minimum absolute atomic E-state index is 0.266. The van der Waals surface area contributed by atoms with Crippen molar-refractivity contribution in [1.29, 1.82) is 0 Å². The third-order valence-electron chi connectivity index (χ3n) is 9.09. The van der Waals surface area contributed by atoms with Crippen molar-refractivity contribution in [3.8, 4) is 45.0 Å². The largest absolute Gasteiger partial charge is 0.456 e. The van der Waals surface area contributed by atoms with Gasteiger partial charge in [-0.25, -0.2) is 9.97 Å². The molecule has 1 aliphatic carbocycles. The SMILES string of the molecule is c1ccc(-c2cc(-c3ccc4c(c3)C(c3ccccc3)Cc3ccccc3-4)nc(-c3ccc4oc5ccccc5c4c3)n2)cc1. The first kappa shape index (κ1) is 25.7. The van der Waals surface area contributed by atoms with Gasteiger partial charge in [0, 0.05) is 33.4 Å². The quantitative estimate of drug-likeness (QED) is 0.209. The topological polar surface area (TPSA) is 38.9 Å². The first-order valence-electron chi connectivity index (χ1n) is 15.4. The van der Waals surface area contributed by atoms with E-state index in [4.69, 9.17) is 14.4 Å². The van der Waals surface area contributed by atoms with Gasteiger partial charge in [-0.2, -0.15) is 0 Å². The van der Waals surface area contributed by atoms with Crippen molar-refractivity contribution in [1.82, 2.24) is 9.97 Å². The second-order valence-corrected chi connectivity index (χ2v) is 11.8. The maximum atomic E-state index is 6.11. The molecule has 9 rings (SSSR count). The van der Waals surface area contributed by atoms with Gasteiger partial charge in [0.2, 0.25) is 0 Å². The highest BCUT2D eigenvalue weighted by atomic mass is 16.3. The zero-order chi connectivity index (χ0) is 29.7. The molecule has 0 fully saturated rings. The van der Waals surface area contributed by atoms with E-state index in [1.54, 1.807) is 0 Å². The van der Waals surface area contributed by atoms with E-state index in [2.05, 4.69) is 121 Å². The number of hydrogen-bond donors (Lipinski definition) is 0. The Labute approximate surface area is 261 Å². The molecule has 6 aromatic carbocycles. The van der Waals surface area contributed by atoms with Crippen LogP contribution in [0.5, 0.6) is 0 Å². The number of aromatic nitrogens is 2. The van der Waals surface area contributed by atoms with E-state index in [-0.39, 0.29) is 5.92 Å². The fraction of sp³-hybridized carbons (Fsp3) is 0.0476. The molecule has 3 heteroatoms. The predicted octanol–water partition coefficient (Wildman–Crippen LogP) is 10.7. The van der Waals surface area contributed by atoms with Gasteiger partial charge >= 0.3 is 0 Å². The summed E-state index contributed by atoms with van der Waals surface area (Å²) in [5, 5.41) is 2.16. The van der Waals surface area contributed by atoms with E-state index >= 15 is 0 Å². The van der Waals surface area contributed by atoms with Gasteiger partial charge in [-0.3, -0.25) is 0 Å². The van der Waals surface area contributed by atoms with Crippen molar-refractivity contribution >= 4 is 21.9 Å². The minimum Gasteiger partial charge on any atom is -0.456 e. The van der Waals surface area contributed by atoms with Crippen LogP contribution >= 0.6 is 0 Å². The van der Waals surface area contributed by atoms with E-state index in [1.165, 1.54) is 27.8 Å². The van der Waals surface area contributed by atoms with Gasteiger partial charge < -0.3 is 4.42 Å². The molecular formula is C42H28N2O. The maximum absolute atomic E-state index is 6.11. The Morgan fingerprint density at radius 2 is 1.18 bits per heavy atom. The maximum Gasteiger partial charge on any atom is 0.160 e. The van der Waals surface area contributed by atoms with Crippen LogP contribution in [-0.2, 0) is 6.42 Å². The average molecular weight is 577 g/mol. The summed E-state index contributed by atoms with van der Waals surface area (Å²) in [4.78, 5) is 10.3. The predicted molar refractivity (Wildman–Crippen MR) is 183 cm³/mol. The van der Waals surface area contributed by atoms with Crippen LogP contribution in [0.3, 0.4) is 0 Å². The molecule has 2 aromatic heterocycles. The highest BCUT2D eigenvalue weighted by molar-refractivity contribution is 6.06. The zero-order valence-corrected chi connectivity index (χ0v) is 24.5. The van der Waals surface area contributed by atoms with Gasteiger partial charge in [0.25, 0.3) is 0 Å². The Morgan fingerprint density at radius 3 is 2.04 bits per heavy atom. The Hall–Kier alpha value is -5.80. The van der Waals surface area contributed by atoms with Crippen LogP contribution in [0.2, 0.25) is 0 Å². The second kappa shape index (κ2) is 10.4. The summed E-state index contributed by atoms with van der Waals surface area (Å²) in [7, 11) is 0. The molecule has 212 valence electrons. The molecule has 8 aromatic rings. The molecule has 0 N–H and O–H groups in total. The number of nitrogens with zero attached hydrogens (tertiary/aromatic N) is 2. The Bertz CT molecular complexity index is 2360. The Morgan fingerprint density at radius 1 is 0.489 bits per heavy atom. The summed E-state index contributed by atoms with van der Waals surface area (Å²) in [6.45, 7) is 0. The standard InChI is InChI=1S/C42H28N2O/c1-3-11-27(12-4-1)35-23-29-15-7-8-16-32(29)33-21-19-30(24-36(33)35)39-26-38(28-13-5-2-6-14-28)43-42(44-39)31-20-22-41-37(25-31)34-17-9-10-18-40(34)45-41/h1-22,24-26,35H,23H2.